The molecule has 1 saturated heterocycles. The van der Waals surface area contributed by atoms with Crippen molar-refractivity contribution in [3.05, 3.63) is 53.1 Å². The molecule has 0 N–H and O–H groups in total. The summed E-state index contributed by atoms with van der Waals surface area (Å²) in [6.45, 7) is 5.51. The van der Waals surface area contributed by atoms with Crippen molar-refractivity contribution in [3.8, 4) is 22.9 Å². The van der Waals surface area contributed by atoms with Crippen LogP contribution in [0.25, 0.3) is 11.4 Å². The number of aromatic nitrogens is 3. The standard InChI is InChI=1S/C23H24N4O3S/c1-14-4-7-20(28-3)18(10-14)22-24-25-23-27(22)26-19(13-31-23)16-6-5-15(2)21(11-16)30-17-8-9-29-12-17/h4-7,10-11,17H,8-9,12-13H2,1-3H3. The molecule has 2 aliphatic heterocycles. The van der Waals surface area contributed by atoms with Gasteiger partial charge in [-0.2, -0.15) is 9.78 Å². The minimum absolute atomic E-state index is 0.112. The quantitative estimate of drug-likeness (QED) is 0.600. The Balaban J connectivity index is 1.52. The molecule has 3 aromatic rings. The van der Waals surface area contributed by atoms with Crippen molar-refractivity contribution >= 4 is 17.5 Å². The second-order valence-electron chi connectivity index (χ2n) is 7.74. The van der Waals surface area contributed by atoms with Crippen molar-refractivity contribution in [2.24, 2.45) is 5.10 Å². The van der Waals surface area contributed by atoms with E-state index in [1.807, 2.05) is 29.8 Å². The normalized spacial score (nSPS) is 17.9. The van der Waals surface area contributed by atoms with Crippen molar-refractivity contribution in [1.29, 1.82) is 0 Å². The molecular formula is C23H24N4O3S. The van der Waals surface area contributed by atoms with Gasteiger partial charge >= 0.3 is 0 Å². The number of hydrogen-bond acceptors (Lipinski definition) is 7. The van der Waals surface area contributed by atoms with Crippen LogP contribution in [-0.4, -0.2) is 52.8 Å². The van der Waals surface area contributed by atoms with E-state index in [0.29, 0.717) is 12.4 Å². The lowest BCUT2D eigenvalue weighted by Gasteiger charge is -2.18. The van der Waals surface area contributed by atoms with E-state index in [0.717, 1.165) is 63.4 Å². The molecule has 7 nitrogen and oxygen atoms in total. The average molecular weight is 437 g/mol. The lowest BCUT2D eigenvalue weighted by Crippen LogP contribution is -2.17. The second-order valence-corrected chi connectivity index (χ2v) is 8.68. The molecule has 160 valence electrons. The molecule has 2 aromatic carbocycles. The largest absolute Gasteiger partial charge is 0.496 e. The predicted molar refractivity (Wildman–Crippen MR) is 120 cm³/mol. The number of methoxy groups -OCH3 is 1. The molecule has 0 radical (unpaired) electrons. The monoisotopic (exact) mass is 436 g/mol. The summed E-state index contributed by atoms with van der Waals surface area (Å²) in [6.07, 6.45) is 1.04. The molecule has 1 aromatic heterocycles. The van der Waals surface area contributed by atoms with Crippen LogP contribution in [0, 0.1) is 13.8 Å². The zero-order valence-electron chi connectivity index (χ0n) is 17.8. The topological polar surface area (TPSA) is 70.8 Å². The van der Waals surface area contributed by atoms with Gasteiger partial charge in [0.2, 0.25) is 5.16 Å². The summed E-state index contributed by atoms with van der Waals surface area (Å²) in [4.78, 5) is 0. The van der Waals surface area contributed by atoms with E-state index in [9.17, 15) is 0 Å². The molecule has 5 rings (SSSR count). The number of ether oxygens (including phenoxy) is 3. The van der Waals surface area contributed by atoms with Crippen LogP contribution < -0.4 is 9.47 Å². The summed E-state index contributed by atoms with van der Waals surface area (Å²) in [5.41, 5.74) is 5.10. The fourth-order valence-electron chi connectivity index (χ4n) is 3.73. The number of benzene rings is 2. The molecule has 1 atom stereocenters. The van der Waals surface area contributed by atoms with Gasteiger partial charge in [0.15, 0.2) is 5.82 Å². The molecule has 0 aliphatic carbocycles. The van der Waals surface area contributed by atoms with Crippen LogP contribution in [0.3, 0.4) is 0 Å². The fourth-order valence-corrected chi connectivity index (χ4v) is 4.56. The van der Waals surface area contributed by atoms with Crippen molar-refractivity contribution < 1.29 is 14.2 Å². The molecular weight excluding hydrogens is 412 g/mol. The highest BCUT2D eigenvalue weighted by atomic mass is 32.2. The first-order valence-electron chi connectivity index (χ1n) is 10.3. The first-order chi connectivity index (χ1) is 15.1. The van der Waals surface area contributed by atoms with Crippen LogP contribution in [0.1, 0.15) is 23.1 Å². The third kappa shape index (κ3) is 3.93. The highest BCUT2D eigenvalue weighted by Crippen LogP contribution is 2.34. The summed E-state index contributed by atoms with van der Waals surface area (Å²) in [7, 11) is 1.66. The van der Waals surface area contributed by atoms with Gasteiger partial charge in [-0.25, -0.2) is 0 Å². The summed E-state index contributed by atoms with van der Waals surface area (Å²) in [6, 6.07) is 12.3. The Morgan fingerprint density at radius 3 is 2.81 bits per heavy atom. The molecule has 0 spiro atoms. The van der Waals surface area contributed by atoms with Crippen molar-refractivity contribution in [3.63, 3.8) is 0 Å². The molecule has 0 amide bonds. The third-order valence-corrected chi connectivity index (χ3v) is 6.40. The molecule has 2 aliphatic rings. The number of nitrogens with zero attached hydrogens (tertiary/aromatic N) is 4. The Labute approximate surface area is 185 Å². The third-order valence-electron chi connectivity index (χ3n) is 5.47. The maximum absolute atomic E-state index is 6.19. The molecule has 1 fully saturated rings. The van der Waals surface area contributed by atoms with Crippen molar-refractivity contribution in [2.45, 2.75) is 31.5 Å². The minimum atomic E-state index is 0.112. The Bertz CT molecular complexity index is 1150. The number of aryl methyl sites for hydroxylation is 2. The van der Waals surface area contributed by atoms with E-state index in [1.165, 1.54) is 0 Å². The minimum Gasteiger partial charge on any atom is -0.496 e. The van der Waals surface area contributed by atoms with Gasteiger partial charge in [-0.3, -0.25) is 0 Å². The zero-order valence-corrected chi connectivity index (χ0v) is 18.6. The first-order valence-corrected chi connectivity index (χ1v) is 11.3. The van der Waals surface area contributed by atoms with Gasteiger partial charge in [-0.1, -0.05) is 35.5 Å². The molecule has 31 heavy (non-hydrogen) atoms. The van der Waals surface area contributed by atoms with E-state index < -0.39 is 0 Å². The van der Waals surface area contributed by atoms with Crippen molar-refractivity contribution in [1.82, 2.24) is 14.9 Å². The van der Waals surface area contributed by atoms with Gasteiger partial charge in [0, 0.05) is 17.7 Å². The Hall–Kier alpha value is -2.84. The van der Waals surface area contributed by atoms with Gasteiger partial charge < -0.3 is 14.2 Å². The van der Waals surface area contributed by atoms with E-state index >= 15 is 0 Å². The predicted octanol–water partition coefficient (Wildman–Crippen LogP) is 4.10. The van der Waals surface area contributed by atoms with E-state index in [2.05, 4.69) is 35.3 Å². The van der Waals surface area contributed by atoms with Crippen LogP contribution in [-0.2, 0) is 4.74 Å². The van der Waals surface area contributed by atoms with Gasteiger partial charge in [0.1, 0.15) is 17.6 Å². The number of rotatable bonds is 5. The Morgan fingerprint density at radius 1 is 1.10 bits per heavy atom. The first kappa shape index (κ1) is 20.1. The van der Waals surface area contributed by atoms with E-state index in [-0.39, 0.29) is 6.10 Å². The zero-order chi connectivity index (χ0) is 21.4. The van der Waals surface area contributed by atoms with Gasteiger partial charge in [0.25, 0.3) is 0 Å². The van der Waals surface area contributed by atoms with Crippen LogP contribution in [0.2, 0.25) is 0 Å². The number of hydrogen-bond donors (Lipinski definition) is 0. The van der Waals surface area contributed by atoms with Crippen LogP contribution in [0.15, 0.2) is 46.7 Å². The summed E-state index contributed by atoms with van der Waals surface area (Å²) in [5.74, 6) is 3.03. The maximum atomic E-state index is 6.19. The number of fused-ring (bicyclic) bond motifs is 1. The van der Waals surface area contributed by atoms with E-state index in [1.54, 1.807) is 18.9 Å². The fraction of sp³-hybridized carbons (Fsp3) is 0.348. The van der Waals surface area contributed by atoms with Crippen LogP contribution in [0.4, 0.5) is 0 Å². The van der Waals surface area contributed by atoms with Crippen LogP contribution >= 0.6 is 11.8 Å². The molecule has 0 bridgehead atoms. The SMILES string of the molecule is COc1ccc(C)cc1-c1nnc2n1N=C(c1ccc(C)c(OC3CCOC3)c1)CS2. The summed E-state index contributed by atoms with van der Waals surface area (Å²) >= 11 is 1.62. The van der Waals surface area contributed by atoms with Crippen LogP contribution in [0.5, 0.6) is 11.5 Å². The Kier molecular flexibility index (Phi) is 5.41. The van der Waals surface area contributed by atoms with Gasteiger partial charge in [-0.05, 0) is 37.6 Å². The van der Waals surface area contributed by atoms with Gasteiger partial charge in [0.05, 0.1) is 31.6 Å². The van der Waals surface area contributed by atoms with Gasteiger partial charge in [-0.15, -0.1) is 10.2 Å². The van der Waals surface area contributed by atoms with Crippen molar-refractivity contribution in [2.75, 3.05) is 26.1 Å². The second kappa shape index (κ2) is 8.36. The lowest BCUT2D eigenvalue weighted by atomic mass is 10.1. The van der Waals surface area contributed by atoms with E-state index in [4.69, 9.17) is 19.3 Å². The number of thioether (sulfide) groups is 1. The summed E-state index contributed by atoms with van der Waals surface area (Å²) < 4.78 is 19.0. The Morgan fingerprint density at radius 2 is 2.00 bits per heavy atom. The molecule has 8 heteroatoms. The highest BCUT2D eigenvalue weighted by Gasteiger charge is 2.24. The lowest BCUT2D eigenvalue weighted by molar-refractivity contribution is 0.141. The highest BCUT2D eigenvalue weighted by molar-refractivity contribution is 7.99. The smallest absolute Gasteiger partial charge is 0.212 e. The average Bonchev–Trinajstić information content (AvgIpc) is 3.44. The maximum Gasteiger partial charge on any atom is 0.212 e. The molecule has 1 unspecified atom stereocenters. The molecule has 0 saturated carbocycles. The molecule has 3 heterocycles. The summed E-state index contributed by atoms with van der Waals surface area (Å²) in [5, 5.41) is 14.4.